The first-order valence-corrected chi connectivity index (χ1v) is 8.42. The van der Waals surface area contributed by atoms with Crippen molar-refractivity contribution in [3.8, 4) is 11.5 Å². The van der Waals surface area contributed by atoms with Gasteiger partial charge in [-0.2, -0.15) is 4.98 Å². The monoisotopic (exact) mass is 344 g/mol. The lowest BCUT2D eigenvalue weighted by Gasteiger charge is -2.27. The molecule has 0 bridgehead atoms. The standard InChI is InChI=1S/C17H20N4O4/c1-3-23-17(22)19-16-18-15-10(2)6-12(8-21(15)20-16)11-4-5-13-14(7-11)25-9-24-13/h4-5,7,10,12H,3,6,8-9H2,1-2H3,(H,19,20,22). The van der Waals surface area contributed by atoms with Crippen LogP contribution in [0.1, 0.15) is 43.5 Å². The fourth-order valence-corrected chi connectivity index (χ4v) is 3.39. The highest BCUT2D eigenvalue weighted by molar-refractivity contribution is 5.82. The fourth-order valence-electron chi connectivity index (χ4n) is 3.39. The van der Waals surface area contributed by atoms with Crippen molar-refractivity contribution in [1.82, 2.24) is 14.8 Å². The molecule has 0 saturated carbocycles. The highest BCUT2D eigenvalue weighted by Gasteiger charge is 2.29. The Balaban J connectivity index is 1.54. The number of rotatable bonds is 3. The lowest BCUT2D eigenvalue weighted by molar-refractivity contribution is 0.167. The van der Waals surface area contributed by atoms with Crippen molar-refractivity contribution in [2.75, 3.05) is 18.7 Å². The minimum Gasteiger partial charge on any atom is -0.454 e. The van der Waals surface area contributed by atoms with Gasteiger partial charge in [0.05, 0.1) is 6.61 Å². The number of fused-ring (bicyclic) bond motifs is 2. The van der Waals surface area contributed by atoms with Crippen LogP contribution in [0.2, 0.25) is 0 Å². The molecular formula is C17H20N4O4. The van der Waals surface area contributed by atoms with E-state index in [9.17, 15) is 4.79 Å². The van der Waals surface area contributed by atoms with E-state index < -0.39 is 6.09 Å². The van der Waals surface area contributed by atoms with Gasteiger partial charge < -0.3 is 14.2 Å². The highest BCUT2D eigenvalue weighted by atomic mass is 16.7. The number of hydrogen-bond donors (Lipinski definition) is 1. The molecule has 2 atom stereocenters. The molecule has 0 spiro atoms. The van der Waals surface area contributed by atoms with E-state index in [4.69, 9.17) is 14.2 Å². The molecule has 132 valence electrons. The van der Waals surface area contributed by atoms with Crippen LogP contribution in [0.3, 0.4) is 0 Å². The zero-order valence-electron chi connectivity index (χ0n) is 14.2. The topological polar surface area (TPSA) is 87.5 Å². The lowest BCUT2D eigenvalue weighted by atomic mass is 9.86. The van der Waals surface area contributed by atoms with Gasteiger partial charge in [0.15, 0.2) is 11.5 Å². The van der Waals surface area contributed by atoms with Gasteiger partial charge in [-0.15, -0.1) is 5.10 Å². The molecule has 1 aromatic heterocycles. The third-order valence-electron chi connectivity index (χ3n) is 4.53. The van der Waals surface area contributed by atoms with Gasteiger partial charge in [-0.05, 0) is 31.0 Å². The Kier molecular flexibility index (Phi) is 3.95. The van der Waals surface area contributed by atoms with Crippen LogP contribution in [-0.2, 0) is 11.3 Å². The first kappa shape index (κ1) is 15.7. The van der Waals surface area contributed by atoms with Crippen LogP contribution >= 0.6 is 0 Å². The van der Waals surface area contributed by atoms with Gasteiger partial charge in [0.2, 0.25) is 6.79 Å². The smallest absolute Gasteiger partial charge is 0.414 e. The number of carbonyl (C=O) groups is 1. The van der Waals surface area contributed by atoms with Crippen molar-refractivity contribution < 1.29 is 19.0 Å². The van der Waals surface area contributed by atoms with Crippen LogP contribution in [-0.4, -0.2) is 34.3 Å². The van der Waals surface area contributed by atoms with E-state index in [0.29, 0.717) is 19.1 Å². The Hall–Kier alpha value is -2.77. The molecule has 0 aliphatic carbocycles. The molecule has 0 saturated heterocycles. The molecule has 1 N–H and O–H groups in total. The quantitative estimate of drug-likeness (QED) is 0.921. The van der Waals surface area contributed by atoms with E-state index in [1.165, 1.54) is 5.56 Å². The van der Waals surface area contributed by atoms with E-state index >= 15 is 0 Å². The molecule has 8 nitrogen and oxygen atoms in total. The summed E-state index contributed by atoms with van der Waals surface area (Å²) in [4.78, 5) is 16.0. The predicted molar refractivity (Wildman–Crippen MR) is 89.0 cm³/mol. The number of nitrogens with one attached hydrogen (secondary N) is 1. The summed E-state index contributed by atoms with van der Waals surface area (Å²) in [6.07, 6.45) is 0.419. The van der Waals surface area contributed by atoms with Crippen LogP contribution in [0.5, 0.6) is 11.5 Å². The average molecular weight is 344 g/mol. The van der Waals surface area contributed by atoms with Crippen molar-refractivity contribution in [2.45, 2.75) is 38.6 Å². The van der Waals surface area contributed by atoms with E-state index in [0.717, 1.165) is 23.7 Å². The van der Waals surface area contributed by atoms with Crippen molar-refractivity contribution in [1.29, 1.82) is 0 Å². The van der Waals surface area contributed by atoms with Crippen LogP contribution in [0, 0.1) is 0 Å². The zero-order valence-corrected chi connectivity index (χ0v) is 14.2. The number of hydrogen-bond acceptors (Lipinski definition) is 6. The van der Waals surface area contributed by atoms with E-state index in [1.807, 2.05) is 16.8 Å². The maximum absolute atomic E-state index is 11.6. The third kappa shape index (κ3) is 2.99. The minimum absolute atomic E-state index is 0.231. The molecule has 2 aromatic rings. The van der Waals surface area contributed by atoms with Crippen LogP contribution in [0.25, 0.3) is 0 Å². The molecule has 3 heterocycles. The molecule has 1 amide bonds. The number of anilines is 1. The first-order valence-electron chi connectivity index (χ1n) is 8.42. The summed E-state index contributed by atoms with van der Waals surface area (Å²) in [7, 11) is 0. The van der Waals surface area contributed by atoms with E-state index in [-0.39, 0.29) is 18.7 Å². The summed E-state index contributed by atoms with van der Waals surface area (Å²) in [6.45, 7) is 5.16. The summed E-state index contributed by atoms with van der Waals surface area (Å²) >= 11 is 0. The van der Waals surface area contributed by atoms with Crippen LogP contribution < -0.4 is 14.8 Å². The number of ether oxygens (including phenoxy) is 3. The summed E-state index contributed by atoms with van der Waals surface area (Å²) in [5.41, 5.74) is 1.19. The third-order valence-corrected chi connectivity index (χ3v) is 4.53. The lowest BCUT2D eigenvalue weighted by Crippen LogP contribution is -2.22. The maximum Gasteiger partial charge on any atom is 0.414 e. The summed E-state index contributed by atoms with van der Waals surface area (Å²) in [5.74, 6) is 3.27. The zero-order chi connectivity index (χ0) is 17.4. The van der Waals surface area contributed by atoms with Gasteiger partial charge in [0.1, 0.15) is 5.82 Å². The van der Waals surface area contributed by atoms with Crippen LogP contribution in [0.15, 0.2) is 18.2 Å². The SMILES string of the molecule is CCOC(=O)Nc1nc2n(n1)CC(c1ccc3c(c1)OCO3)CC2C. The Morgan fingerprint density at radius 1 is 1.40 bits per heavy atom. The molecule has 2 aliphatic heterocycles. The Bertz CT molecular complexity index is 804. The Morgan fingerprint density at radius 2 is 2.24 bits per heavy atom. The number of carbonyl (C=O) groups excluding carboxylic acids is 1. The second-order valence-corrected chi connectivity index (χ2v) is 6.27. The molecule has 25 heavy (non-hydrogen) atoms. The number of nitrogens with zero attached hydrogens (tertiary/aromatic N) is 3. The van der Waals surface area contributed by atoms with Crippen LogP contribution in [0.4, 0.5) is 10.7 Å². The molecule has 4 rings (SSSR count). The largest absolute Gasteiger partial charge is 0.454 e. The fraction of sp³-hybridized carbons (Fsp3) is 0.471. The Labute approximate surface area is 145 Å². The number of amides is 1. The van der Waals surface area contributed by atoms with E-state index in [2.05, 4.69) is 28.4 Å². The Morgan fingerprint density at radius 3 is 3.08 bits per heavy atom. The molecule has 1 aromatic carbocycles. The molecule has 0 fully saturated rings. The van der Waals surface area contributed by atoms with Gasteiger partial charge in [-0.1, -0.05) is 13.0 Å². The first-order chi connectivity index (χ1) is 12.1. The van der Waals surface area contributed by atoms with Crippen molar-refractivity contribution in [3.05, 3.63) is 29.6 Å². The number of benzene rings is 1. The van der Waals surface area contributed by atoms with Gasteiger partial charge in [0.25, 0.3) is 5.95 Å². The highest BCUT2D eigenvalue weighted by Crippen LogP contribution is 2.40. The van der Waals surface area contributed by atoms with Crippen molar-refractivity contribution in [2.24, 2.45) is 0 Å². The number of aromatic nitrogens is 3. The van der Waals surface area contributed by atoms with Gasteiger partial charge in [-0.25, -0.2) is 9.48 Å². The molecule has 2 aliphatic rings. The maximum atomic E-state index is 11.6. The summed E-state index contributed by atoms with van der Waals surface area (Å²) < 4.78 is 17.6. The van der Waals surface area contributed by atoms with E-state index in [1.54, 1.807) is 6.92 Å². The predicted octanol–water partition coefficient (Wildman–Crippen LogP) is 2.87. The van der Waals surface area contributed by atoms with Gasteiger partial charge in [0, 0.05) is 18.4 Å². The summed E-state index contributed by atoms with van der Waals surface area (Å²) in [6, 6.07) is 6.07. The normalized spacial score (nSPS) is 20.9. The molecule has 8 heteroatoms. The second-order valence-electron chi connectivity index (χ2n) is 6.27. The average Bonchev–Trinajstić information content (AvgIpc) is 3.20. The van der Waals surface area contributed by atoms with Crippen molar-refractivity contribution >= 4 is 12.0 Å². The van der Waals surface area contributed by atoms with Gasteiger partial charge in [-0.3, -0.25) is 5.32 Å². The van der Waals surface area contributed by atoms with Gasteiger partial charge >= 0.3 is 6.09 Å². The molecule has 2 unspecified atom stereocenters. The molecule has 0 radical (unpaired) electrons. The minimum atomic E-state index is -0.537. The molecular weight excluding hydrogens is 324 g/mol. The second kappa shape index (κ2) is 6.27. The summed E-state index contributed by atoms with van der Waals surface area (Å²) in [5, 5.41) is 6.98. The van der Waals surface area contributed by atoms with Crippen molar-refractivity contribution in [3.63, 3.8) is 0 Å².